The molecule has 0 radical (unpaired) electrons. The Bertz CT molecular complexity index is 924. The van der Waals surface area contributed by atoms with Gasteiger partial charge in [0, 0.05) is 19.5 Å². The summed E-state index contributed by atoms with van der Waals surface area (Å²) in [5, 5.41) is 0. The largest absolute Gasteiger partial charge is 0.342 e. The van der Waals surface area contributed by atoms with Gasteiger partial charge < -0.3 is 9.80 Å². The number of nitrogens with one attached hydrogen (secondary N) is 1. The van der Waals surface area contributed by atoms with E-state index in [9.17, 15) is 18.0 Å². The van der Waals surface area contributed by atoms with E-state index in [4.69, 9.17) is 4.84 Å². The van der Waals surface area contributed by atoms with Crippen molar-refractivity contribution in [3.8, 4) is 0 Å². The van der Waals surface area contributed by atoms with Crippen molar-refractivity contribution in [2.45, 2.75) is 61.5 Å². The number of carbonyl (C=O) groups is 2. The highest BCUT2D eigenvalue weighted by Gasteiger charge is 2.52. The molecule has 0 spiro atoms. The van der Waals surface area contributed by atoms with Crippen LogP contribution >= 0.6 is 0 Å². The Labute approximate surface area is 197 Å². The number of sulfone groups is 1. The average Bonchev–Trinajstić information content (AvgIpc) is 2.83. The second-order valence-corrected chi connectivity index (χ2v) is 11.6. The Balaban J connectivity index is 1.70. The second-order valence-electron chi connectivity index (χ2n) is 9.32. The van der Waals surface area contributed by atoms with E-state index >= 15 is 0 Å². The number of aryl methyl sites for hydroxylation is 1. The molecule has 2 amide bonds. The lowest BCUT2D eigenvalue weighted by Crippen LogP contribution is -2.57. The Morgan fingerprint density at radius 3 is 2.42 bits per heavy atom. The van der Waals surface area contributed by atoms with Crippen molar-refractivity contribution < 1.29 is 22.8 Å². The van der Waals surface area contributed by atoms with E-state index in [0.29, 0.717) is 25.4 Å². The summed E-state index contributed by atoms with van der Waals surface area (Å²) in [4.78, 5) is 33.8. The van der Waals surface area contributed by atoms with Gasteiger partial charge in [0.25, 0.3) is 5.91 Å². The first-order valence-corrected chi connectivity index (χ1v) is 13.3. The minimum Gasteiger partial charge on any atom is -0.342 e. The van der Waals surface area contributed by atoms with E-state index in [0.717, 1.165) is 44.3 Å². The van der Waals surface area contributed by atoms with Crippen LogP contribution in [-0.4, -0.2) is 75.1 Å². The lowest BCUT2D eigenvalue weighted by atomic mass is 9.91. The van der Waals surface area contributed by atoms with E-state index in [1.54, 1.807) is 12.1 Å². The molecule has 0 aliphatic carbocycles. The molecule has 33 heavy (non-hydrogen) atoms. The van der Waals surface area contributed by atoms with E-state index in [1.807, 2.05) is 35.9 Å². The molecule has 1 aromatic rings. The zero-order valence-electron chi connectivity index (χ0n) is 20.0. The highest BCUT2D eigenvalue weighted by molar-refractivity contribution is 7.93. The summed E-state index contributed by atoms with van der Waals surface area (Å²) in [7, 11) is -0.672. The molecule has 0 saturated carbocycles. The minimum absolute atomic E-state index is 0.166. The molecule has 0 bridgehead atoms. The summed E-state index contributed by atoms with van der Waals surface area (Å²) in [6, 6.07) is 6.94. The van der Waals surface area contributed by atoms with Crippen LogP contribution in [0.2, 0.25) is 0 Å². The molecule has 3 rings (SSSR count). The van der Waals surface area contributed by atoms with Crippen LogP contribution in [0.1, 0.15) is 51.0 Å². The summed E-state index contributed by atoms with van der Waals surface area (Å²) in [5.74, 6) is 0.0816. The molecule has 8 nitrogen and oxygen atoms in total. The van der Waals surface area contributed by atoms with Gasteiger partial charge >= 0.3 is 0 Å². The van der Waals surface area contributed by atoms with Crippen LogP contribution in [-0.2, 0) is 30.7 Å². The van der Waals surface area contributed by atoms with Crippen LogP contribution < -0.4 is 5.48 Å². The third kappa shape index (κ3) is 5.58. The Morgan fingerprint density at radius 1 is 1.15 bits per heavy atom. The van der Waals surface area contributed by atoms with E-state index in [-0.39, 0.29) is 23.6 Å². The predicted molar refractivity (Wildman–Crippen MR) is 126 cm³/mol. The summed E-state index contributed by atoms with van der Waals surface area (Å²) in [5.41, 5.74) is 3.33. The minimum atomic E-state index is -3.90. The molecule has 1 N–H and O–H groups in total. The van der Waals surface area contributed by atoms with Gasteiger partial charge in [-0.25, -0.2) is 13.9 Å². The van der Waals surface area contributed by atoms with E-state index < -0.39 is 20.5 Å². The van der Waals surface area contributed by atoms with Crippen molar-refractivity contribution in [2.75, 3.05) is 40.3 Å². The van der Waals surface area contributed by atoms with Crippen LogP contribution in [0.4, 0.5) is 0 Å². The number of hydrogen-bond donors (Lipinski definition) is 1. The molecule has 9 heteroatoms. The number of hydrogen-bond acceptors (Lipinski definition) is 6. The first kappa shape index (κ1) is 25.6. The van der Waals surface area contributed by atoms with Crippen molar-refractivity contribution in [1.29, 1.82) is 0 Å². The Hall–Kier alpha value is -1.97. The van der Waals surface area contributed by atoms with Gasteiger partial charge in [-0.2, -0.15) is 0 Å². The smallest absolute Gasteiger partial charge is 0.265 e. The third-order valence-corrected chi connectivity index (χ3v) is 9.68. The molecule has 1 atom stereocenters. The van der Waals surface area contributed by atoms with Gasteiger partial charge in [-0.15, -0.1) is 0 Å². The fraction of sp³-hybridized carbons (Fsp3) is 0.667. The lowest BCUT2D eigenvalue weighted by molar-refractivity contribution is -0.135. The molecular weight excluding hydrogens is 442 g/mol. The quantitative estimate of drug-likeness (QED) is 0.574. The SMILES string of the molecule is CCC(=O)N1CCCC(CCc2ccc(S(=O)(=O)C3(C(=O)NOC)CCN(C)CC3)cc2)C1. The Kier molecular flexibility index (Phi) is 8.53. The predicted octanol–water partition coefficient (Wildman–Crippen LogP) is 2.18. The van der Waals surface area contributed by atoms with Crippen molar-refractivity contribution >= 4 is 21.7 Å². The maximum Gasteiger partial charge on any atom is 0.265 e. The molecule has 1 aromatic carbocycles. The van der Waals surface area contributed by atoms with Crippen molar-refractivity contribution in [1.82, 2.24) is 15.3 Å². The third-order valence-electron chi connectivity index (χ3n) is 7.17. The molecule has 2 saturated heterocycles. The first-order valence-electron chi connectivity index (χ1n) is 11.9. The number of likely N-dealkylation sites (tertiary alicyclic amines) is 2. The van der Waals surface area contributed by atoms with Gasteiger partial charge in [0.1, 0.15) is 0 Å². The highest BCUT2D eigenvalue weighted by Crippen LogP contribution is 2.36. The number of amides is 2. The standard InChI is InChI=1S/C24H37N3O5S/c1-4-22(28)27-15-5-6-20(18-27)8-7-19-9-11-21(12-10-19)33(30,31)24(23(29)25-32-3)13-16-26(2)17-14-24/h9-12,20H,4-8,13-18H2,1-3H3,(H,25,29). The Morgan fingerprint density at radius 2 is 1.82 bits per heavy atom. The van der Waals surface area contributed by atoms with Gasteiger partial charge in [-0.1, -0.05) is 19.1 Å². The van der Waals surface area contributed by atoms with Crippen LogP contribution in [0.15, 0.2) is 29.2 Å². The van der Waals surface area contributed by atoms with Gasteiger partial charge in [-0.3, -0.25) is 14.4 Å². The number of rotatable bonds is 8. The number of nitrogens with zero attached hydrogens (tertiary/aromatic N) is 2. The lowest BCUT2D eigenvalue weighted by Gasteiger charge is -2.38. The first-order chi connectivity index (χ1) is 15.7. The van der Waals surface area contributed by atoms with Crippen LogP contribution in [0.3, 0.4) is 0 Å². The maximum atomic E-state index is 13.6. The highest BCUT2D eigenvalue weighted by atomic mass is 32.2. The van der Waals surface area contributed by atoms with Crippen molar-refractivity contribution in [2.24, 2.45) is 5.92 Å². The molecule has 1 unspecified atom stereocenters. The number of piperidine rings is 2. The number of hydroxylamine groups is 1. The fourth-order valence-corrected chi connectivity index (χ4v) is 6.92. The summed E-state index contributed by atoms with van der Waals surface area (Å²) in [6.07, 6.45) is 4.93. The zero-order valence-corrected chi connectivity index (χ0v) is 20.8. The second kappa shape index (κ2) is 11.0. The molecule has 2 heterocycles. The molecule has 2 aliphatic rings. The molecule has 2 aliphatic heterocycles. The summed E-state index contributed by atoms with van der Waals surface area (Å²) >= 11 is 0. The van der Waals surface area contributed by atoms with Crippen LogP contribution in [0.5, 0.6) is 0 Å². The summed E-state index contributed by atoms with van der Waals surface area (Å²) < 4.78 is 25.7. The topological polar surface area (TPSA) is 96.0 Å². The van der Waals surface area contributed by atoms with Crippen LogP contribution in [0.25, 0.3) is 0 Å². The van der Waals surface area contributed by atoms with Gasteiger partial charge in [0.05, 0.1) is 12.0 Å². The number of benzene rings is 1. The summed E-state index contributed by atoms with van der Waals surface area (Å²) in [6.45, 7) is 4.60. The van der Waals surface area contributed by atoms with E-state index in [2.05, 4.69) is 5.48 Å². The van der Waals surface area contributed by atoms with E-state index in [1.165, 1.54) is 7.11 Å². The van der Waals surface area contributed by atoms with Crippen LogP contribution in [0, 0.1) is 5.92 Å². The molecule has 2 fully saturated rings. The number of carbonyl (C=O) groups excluding carboxylic acids is 2. The van der Waals surface area contributed by atoms with Crippen molar-refractivity contribution in [3.63, 3.8) is 0 Å². The maximum absolute atomic E-state index is 13.6. The normalized spacial score (nSPS) is 21.5. The van der Waals surface area contributed by atoms with Gasteiger partial charge in [0.2, 0.25) is 5.91 Å². The average molecular weight is 480 g/mol. The van der Waals surface area contributed by atoms with Gasteiger partial charge in [-0.05, 0) is 82.3 Å². The zero-order chi connectivity index (χ0) is 24.1. The molecule has 0 aromatic heterocycles. The molecular formula is C24H37N3O5S. The molecule has 184 valence electrons. The monoisotopic (exact) mass is 479 g/mol. The van der Waals surface area contributed by atoms with Crippen molar-refractivity contribution in [3.05, 3.63) is 29.8 Å². The van der Waals surface area contributed by atoms with Gasteiger partial charge in [0.15, 0.2) is 14.6 Å². The fourth-order valence-electron chi connectivity index (χ4n) is 4.97.